The van der Waals surface area contributed by atoms with Gasteiger partial charge in [0.1, 0.15) is 0 Å². The van der Waals surface area contributed by atoms with Gasteiger partial charge < -0.3 is 10.6 Å². The van der Waals surface area contributed by atoms with Crippen LogP contribution in [0.25, 0.3) is 0 Å². The number of carbonyl (C=O) groups excluding carboxylic acids is 2. The third-order valence-corrected chi connectivity index (χ3v) is 6.65. The summed E-state index contributed by atoms with van der Waals surface area (Å²) >= 11 is 0. The molecule has 1 aliphatic carbocycles. The van der Waals surface area contributed by atoms with Crippen molar-refractivity contribution < 1.29 is 18.0 Å². The fourth-order valence-corrected chi connectivity index (χ4v) is 5.05. The lowest BCUT2D eigenvalue weighted by Crippen LogP contribution is -2.42. The molecule has 0 bridgehead atoms. The van der Waals surface area contributed by atoms with E-state index in [1.807, 2.05) is 0 Å². The summed E-state index contributed by atoms with van der Waals surface area (Å²) in [6.07, 6.45) is 5.45. The molecular weight excluding hydrogens is 316 g/mol. The lowest BCUT2D eigenvalue weighted by molar-refractivity contribution is -0.130. The van der Waals surface area contributed by atoms with Crippen molar-refractivity contribution in [3.63, 3.8) is 0 Å². The minimum Gasteiger partial charge on any atom is -0.356 e. The van der Waals surface area contributed by atoms with Crippen LogP contribution in [0.5, 0.6) is 0 Å². The fourth-order valence-electron chi connectivity index (χ4n) is 3.38. The minimum atomic E-state index is -2.97. The zero-order chi connectivity index (χ0) is 16.9. The van der Waals surface area contributed by atoms with Gasteiger partial charge in [0.15, 0.2) is 9.84 Å². The van der Waals surface area contributed by atoms with E-state index in [1.54, 1.807) is 0 Å². The maximum absolute atomic E-state index is 12.2. The minimum absolute atomic E-state index is 0.0164. The van der Waals surface area contributed by atoms with Gasteiger partial charge in [0.05, 0.1) is 11.5 Å². The van der Waals surface area contributed by atoms with Gasteiger partial charge >= 0.3 is 0 Å². The van der Waals surface area contributed by atoms with Crippen LogP contribution in [0.4, 0.5) is 0 Å². The van der Waals surface area contributed by atoms with Crippen molar-refractivity contribution in [3.05, 3.63) is 0 Å². The number of hydrogen-bond donors (Lipinski definition) is 2. The molecule has 1 saturated carbocycles. The lowest BCUT2D eigenvalue weighted by atomic mass is 9.81. The number of rotatable bonds is 6. The Morgan fingerprint density at radius 2 is 1.61 bits per heavy atom. The monoisotopic (exact) mass is 344 g/mol. The van der Waals surface area contributed by atoms with Crippen molar-refractivity contribution >= 4 is 21.7 Å². The molecule has 2 N–H and O–H groups in total. The first-order valence-corrected chi connectivity index (χ1v) is 10.5. The Morgan fingerprint density at radius 3 is 2.13 bits per heavy atom. The second kappa shape index (κ2) is 8.13. The number of hydrogen-bond acceptors (Lipinski definition) is 4. The van der Waals surface area contributed by atoms with Crippen molar-refractivity contribution in [2.75, 3.05) is 18.1 Å². The molecule has 23 heavy (non-hydrogen) atoms. The maximum Gasteiger partial charge on any atom is 0.223 e. The van der Waals surface area contributed by atoms with Gasteiger partial charge in [0.25, 0.3) is 0 Å². The lowest BCUT2D eigenvalue weighted by Gasteiger charge is -2.27. The van der Waals surface area contributed by atoms with Crippen molar-refractivity contribution in [1.82, 2.24) is 10.6 Å². The van der Waals surface area contributed by atoms with E-state index in [9.17, 15) is 18.0 Å². The molecule has 6 nitrogen and oxygen atoms in total. The van der Waals surface area contributed by atoms with E-state index in [1.165, 1.54) is 0 Å². The zero-order valence-electron chi connectivity index (χ0n) is 13.8. The molecular formula is C16H28N2O4S. The SMILES string of the molecule is CCCCNC(=O)C1CCC(C(=O)NC2CCS(=O)(=O)C2)CC1. The van der Waals surface area contributed by atoms with Crippen LogP contribution >= 0.6 is 0 Å². The van der Waals surface area contributed by atoms with Gasteiger partial charge in [-0.05, 0) is 38.5 Å². The molecule has 0 aromatic heterocycles. The fraction of sp³-hybridized carbons (Fsp3) is 0.875. The number of unbranched alkanes of at least 4 members (excludes halogenated alkanes) is 1. The number of carbonyl (C=O) groups is 2. The van der Waals surface area contributed by atoms with Crippen LogP contribution < -0.4 is 10.6 Å². The Hall–Kier alpha value is -1.11. The normalized spacial score (nSPS) is 29.9. The summed E-state index contributed by atoms with van der Waals surface area (Å²) < 4.78 is 22.9. The molecule has 0 radical (unpaired) electrons. The summed E-state index contributed by atoms with van der Waals surface area (Å²) in [6, 6.07) is -0.234. The predicted molar refractivity (Wildman–Crippen MR) is 88.6 cm³/mol. The van der Waals surface area contributed by atoms with Crippen LogP contribution in [0, 0.1) is 11.8 Å². The van der Waals surface area contributed by atoms with Crippen LogP contribution in [0.2, 0.25) is 0 Å². The number of sulfone groups is 1. The molecule has 2 rings (SSSR count). The summed E-state index contributed by atoms with van der Waals surface area (Å²) in [5, 5.41) is 5.83. The Labute approximate surface area is 138 Å². The summed E-state index contributed by atoms with van der Waals surface area (Å²) in [4.78, 5) is 24.3. The summed E-state index contributed by atoms with van der Waals surface area (Å²) in [5.74, 6) is 0.230. The third-order valence-electron chi connectivity index (χ3n) is 4.88. The van der Waals surface area contributed by atoms with Gasteiger partial charge in [-0.15, -0.1) is 0 Å². The van der Waals surface area contributed by atoms with Gasteiger partial charge in [-0.3, -0.25) is 9.59 Å². The molecule has 1 saturated heterocycles. The van der Waals surface area contributed by atoms with Crippen molar-refractivity contribution in [2.45, 2.75) is 57.9 Å². The van der Waals surface area contributed by atoms with E-state index in [2.05, 4.69) is 17.6 Å². The summed E-state index contributed by atoms with van der Waals surface area (Å²) in [7, 11) is -2.97. The van der Waals surface area contributed by atoms with E-state index < -0.39 is 9.84 Å². The van der Waals surface area contributed by atoms with Crippen molar-refractivity contribution in [3.8, 4) is 0 Å². The Bertz CT molecular complexity index is 524. The highest BCUT2D eigenvalue weighted by molar-refractivity contribution is 7.91. The first-order valence-electron chi connectivity index (χ1n) is 8.70. The Balaban J connectivity index is 1.71. The van der Waals surface area contributed by atoms with E-state index in [-0.39, 0.29) is 41.2 Å². The predicted octanol–water partition coefficient (Wildman–Crippen LogP) is 1.01. The third kappa shape index (κ3) is 5.48. The van der Waals surface area contributed by atoms with Gasteiger partial charge in [0, 0.05) is 24.4 Å². The molecule has 1 heterocycles. The summed E-state index contributed by atoms with van der Waals surface area (Å²) in [6.45, 7) is 2.82. The molecule has 2 amide bonds. The number of nitrogens with one attached hydrogen (secondary N) is 2. The molecule has 2 aliphatic rings. The smallest absolute Gasteiger partial charge is 0.223 e. The van der Waals surface area contributed by atoms with E-state index in [4.69, 9.17) is 0 Å². The topological polar surface area (TPSA) is 92.3 Å². The first kappa shape index (κ1) is 18.2. The molecule has 132 valence electrons. The molecule has 0 aromatic carbocycles. The van der Waals surface area contributed by atoms with E-state index in [0.717, 1.165) is 32.2 Å². The van der Waals surface area contributed by atoms with Crippen LogP contribution in [-0.2, 0) is 19.4 Å². The van der Waals surface area contributed by atoms with Crippen LogP contribution in [0.1, 0.15) is 51.9 Å². The molecule has 1 atom stereocenters. The largest absolute Gasteiger partial charge is 0.356 e. The van der Waals surface area contributed by atoms with Gasteiger partial charge in [-0.25, -0.2) is 8.42 Å². The molecule has 1 aliphatic heterocycles. The highest BCUT2D eigenvalue weighted by Crippen LogP contribution is 2.29. The van der Waals surface area contributed by atoms with Crippen molar-refractivity contribution in [2.24, 2.45) is 11.8 Å². The van der Waals surface area contributed by atoms with E-state index in [0.29, 0.717) is 19.3 Å². The average molecular weight is 344 g/mol. The quantitative estimate of drug-likeness (QED) is 0.704. The zero-order valence-corrected chi connectivity index (χ0v) is 14.7. The average Bonchev–Trinajstić information content (AvgIpc) is 2.86. The van der Waals surface area contributed by atoms with Crippen LogP contribution in [0.3, 0.4) is 0 Å². The van der Waals surface area contributed by atoms with E-state index >= 15 is 0 Å². The first-order chi connectivity index (χ1) is 10.9. The Morgan fingerprint density at radius 1 is 1.00 bits per heavy atom. The molecule has 7 heteroatoms. The molecule has 1 unspecified atom stereocenters. The second-order valence-electron chi connectivity index (χ2n) is 6.80. The molecule has 0 spiro atoms. The second-order valence-corrected chi connectivity index (χ2v) is 9.03. The highest BCUT2D eigenvalue weighted by atomic mass is 32.2. The highest BCUT2D eigenvalue weighted by Gasteiger charge is 2.33. The van der Waals surface area contributed by atoms with Gasteiger partial charge in [-0.2, -0.15) is 0 Å². The Kier molecular flexibility index (Phi) is 6.44. The summed E-state index contributed by atoms with van der Waals surface area (Å²) in [5.41, 5.74) is 0. The maximum atomic E-state index is 12.2. The standard InChI is InChI=1S/C16H28N2O4S/c1-2-3-9-17-15(19)12-4-6-13(7-5-12)16(20)18-14-8-10-23(21,22)11-14/h12-14H,2-11H2,1H3,(H,17,19)(H,18,20). The molecule has 0 aromatic rings. The van der Waals surface area contributed by atoms with Crippen molar-refractivity contribution in [1.29, 1.82) is 0 Å². The number of amides is 2. The molecule has 2 fully saturated rings. The van der Waals surface area contributed by atoms with Gasteiger partial charge in [0.2, 0.25) is 11.8 Å². The van der Waals surface area contributed by atoms with Gasteiger partial charge in [-0.1, -0.05) is 13.3 Å². The van der Waals surface area contributed by atoms with Crippen LogP contribution in [0.15, 0.2) is 0 Å². The van der Waals surface area contributed by atoms with Crippen LogP contribution in [-0.4, -0.2) is 44.3 Å².